The highest BCUT2D eigenvalue weighted by Gasteiger charge is 2.37. The number of hydrogen-bond donors (Lipinski definition) is 0. The van der Waals surface area contributed by atoms with E-state index in [0.717, 1.165) is 65.2 Å². The highest BCUT2D eigenvalue weighted by atomic mass is 19.4. The van der Waals surface area contributed by atoms with Gasteiger partial charge in [0.05, 0.1) is 11.0 Å². The number of aromatic nitrogens is 6. The van der Waals surface area contributed by atoms with Crippen LogP contribution in [0.4, 0.5) is 13.2 Å². The molecule has 0 saturated carbocycles. The molecule has 0 aliphatic rings. The van der Waals surface area contributed by atoms with Gasteiger partial charge >= 0.3 is 6.18 Å². The van der Waals surface area contributed by atoms with Crippen LogP contribution in [-0.2, 0) is 11.6 Å². The molecule has 0 radical (unpaired) electrons. The van der Waals surface area contributed by atoms with Crippen LogP contribution in [0.5, 0.6) is 0 Å². The average molecular weight is 653 g/mol. The lowest BCUT2D eigenvalue weighted by atomic mass is 9.81. The van der Waals surface area contributed by atoms with Crippen LogP contribution in [0.25, 0.3) is 77.6 Å². The molecule has 5 aromatic heterocycles. The lowest BCUT2D eigenvalue weighted by Crippen LogP contribution is -2.12. The number of nitrogens with zero attached hydrogens (tertiary/aromatic N) is 6. The molecule has 0 unspecified atom stereocenters. The number of benzene rings is 4. The second kappa shape index (κ2) is 10.2. The van der Waals surface area contributed by atoms with Crippen LogP contribution in [0.2, 0.25) is 0 Å². The molecule has 0 fully saturated rings. The standard InChI is InChI=1S/C39H27F3N6O/c1-38(2,3)29-18-23(34-35-37(45-21-44-34)48-36(46-35)30(20-49-48)39(40,41)42)17-28-24(10-8-11-25(28)29)22-14-15-27-26-9-4-5-12-31(26)47(32(27)19-22)33-13-6-7-16-43-33/h4-21H,1-3H3. The minimum Gasteiger partial charge on any atom is -0.379 e. The maximum Gasteiger partial charge on any atom is 0.423 e. The number of fused-ring (bicyclic) bond motifs is 7. The van der Waals surface area contributed by atoms with Gasteiger partial charge in [-0.2, -0.15) is 13.2 Å². The van der Waals surface area contributed by atoms with E-state index in [1.807, 2.05) is 36.4 Å². The van der Waals surface area contributed by atoms with Crippen molar-refractivity contribution in [3.8, 4) is 28.2 Å². The Kier molecular flexibility index (Phi) is 6.08. The summed E-state index contributed by atoms with van der Waals surface area (Å²) in [7, 11) is 0. The molecule has 0 amide bonds. The maximum atomic E-state index is 13.8. The fourth-order valence-electron chi connectivity index (χ4n) is 6.97. The molecule has 7 nitrogen and oxygen atoms in total. The van der Waals surface area contributed by atoms with Crippen molar-refractivity contribution < 1.29 is 17.7 Å². The highest BCUT2D eigenvalue weighted by molar-refractivity contribution is 6.11. The largest absolute Gasteiger partial charge is 0.423 e. The van der Waals surface area contributed by atoms with Gasteiger partial charge in [-0.15, -0.1) is 4.57 Å². The molecule has 0 atom stereocenters. The van der Waals surface area contributed by atoms with Crippen molar-refractivity contribution in [2.45, 2.75) is 32.4 Å². The van der Waals surface area contributed by atoms with Gasteiger partial charge in [0.25, 0.3) is 0 Å². The number of alkyl halides is 3. The van der Waals surface area contributed by atoms with E-state index in [0.29, 0.717) is 12.0 Å². The maximum absolute atomic E-state index is 13.8. The van der Waals surface area contributed by atoms with E-state index in [1.165, 1.54) is 6.33 Å². The van der Waals surface area contributed by atoms with Crippen LogP contribution in [0.15, 0.2) is 114 Å². The summed E-state index contributed by atoms with van der Waals surface area (Å²) in [5, 5.41) is 4.31. The molecular weight excluding hydrogens is 625 g/mol. The van der Waals surface area contributed by atoms with Crippen LogP contribution in [-0.4, -0.2) is 29.1 Å². The van der Waals surface area contributed by atoms with Crippen molar-refractivity contribution in [3.63, 3.8) is 0 Å². The zero-order chi connectivity index (χ0) is 33.7. The van der Waals surface area contributed by atoms with Crippen molar-refractivity contribution in [2.24, 2.45) is 0 Å². The van der Waals surface area contributed by atoms with Gasteiger partial charge in [0.2, 0.25) is 5.65 Å². The van der Waals surface area contributed by atoms with E-state index in [1.54, 1.807) is 6.20 Å². The quantitative estimate of drug-likeness (QED) is 0.190. The number of imidazole rings is 1. The van der Waals surface area contributed by atoms with E-state index in [2.05, 4.69) is 99.9 Å². The van der Waals surface area contributed by atoms with Gasteiger partial charge in [0.1, 0.15) is 35.2 Å². The summed E-state index contributed by atoms with van der Waals surface area (Å²) in [6, 6.07) is 31.1. The molecule has 5 heterocycles. The first-order chi connectivity index (χ1) is 23.6. The average Bonchev–Trinajstić information content (AvgIpc) is 3.77. The van der Waals surface area contributed by atoms with Crippen LogP contribution in [0.1, 0.15) is 31.9 Å². The highest BCUT2D eigenvalue weighted by Crippen LogP contribution is 2.42. The predicted molar refractivity (Wildman–Crippen MR) is 185 cm³/mol. The Balaban J connectivity index is 1.31. The van der Waals surface area contributed by atoms with E-state index in [9.17, 15) is 13.2 Å². The molecule has 0 bridgehead atoms. The predicted octanol–water partition coefficient (Wildman–Crippen LogP) is 10.2. The third-order valence-electron chi connectivity index (χ3n) is 9.17. The molecule has 9 aromatic rings. The smallest absolute Gasteiger partial charge is 0.379 e. The summed E-state index contributed by atoms with van der Waals surface area (Å²) in [6.07, 6.45) is -0.846. The molecule has 0 spiro atoms. The minimum absolute atomic E-state index is 0.161. The van der Waals surface area contributed by atoms with Crippen molar-refractivity contribution in [3.05, 3.63) is 121 Å². The zero-order valence-corrected chi connectivity index (χ0v) is 26.6. The number of para-hydroxylation sites is 1. The Morgan fingerprint density at radius 2 is 1.45 bits per heavy atom. The van der Waals surface area contributed by atoms with Gasteiger partial charge in [-0.1, -0.05) is 75.4 Å². The Bertz CT molecular complexity index is 2750. The number of pyridine rings is 1. The Hall–Kier alpha value is -6.03. The topological polar surface area (TPSA) is 74.0 Å². The molecule has 4 aromatic carbocycles. The van der Waals surface area contributed by atoms with Crippen LogP contribution >= 0.6 is 0 Å². The first-order valence-electron chi connectivity index (χ1n) is 15.8. The SMILES string of the molecule is CC(C)(C)c1cc(-c2ncnc3c2nc2c(C(F)(F)F)con23)cc2c(-c3ccc4c5ccccc5n(-c5ccccn5)c4c3)cccc12. The van der Waals surface area contributed by atoms with Crippen LogP contribution < -0.4 is 0 Å². The zero-order valence-electron chi connectivity index (χ0n) is 26.6. The summed E-state index contributed by atoms with van der Waals surface area (Å²) in [5.74, 6) is 0.827. The number of halogens is 3. The number of rotatable bonds is 3. The summed E-state index contributed by atoms with van der Waals surface area (Å²) in [5.41, 5.74) is 5.11. The molecule has 0 aliphatic heterocycles. The van der Waals surface area contributed by atoms with Crippen molar-refractivity contribution >= 4 is 49.4 Å². The molecule has 49 heavy (non-hydrogen) atoms. The fourth-order valence-corrected chi connectivity index (χ4v) is 6.97. The summed E-state index contributed by atoms with van der Waals surface area (Å²) < 4.78 is 49.9. The Morgan fingerprint density at radius 3 is 2.24 bits per heavy atom. The van der Waals surface area contributed by atoms with Crippen LogP contribution in [0, 0.1) is 0 Å². The van der Waals surface area contributed by atoms with E-state index in [4.69, 9.17) is 4.52 Å². The van der Waals surface area contributed by atoms with E-state index in [-0.39, 0.29) is 22.2 Å². The molecule has 0 saturated heterocycles. The monoisotopic (exact) mass is 652 g/mol. The van der Waals surface area contributed by atoms with E-state index >= 15 is 0 Å². The van der Waals surface area contributed by atoms with Crippen molar-refractivity contribution in [2.75, 3.05) is 0 Å². The fraction of sp³-hybridized carbons (Fsp3) is 0.128. The van der Waals surface area contributed by atoms with Gasteiger partial charge in [0, 0.05) is 22.5 Å². The normalized spacial score (nSPS) is 12.7. The second-order valence-electron chi connectivity index (χ2n) is 13.2. The third kappa shape index (κ3) is 4.43. The lowest BCUT2D eigenvalue weighted by molar-refractivity contribution is -0.136. The lowest BCUT2D eigenvalue weighted by Gasteiger charge is -2.24. The van der Waals surface area contributed by atoms with E-state index < -0.39 is 11.7 Å². The third-order valence-corrected chi connectivity index (χ3v) is 9.17. The van der Waals surface area contributed by atoms with Crippen LogP contribution in [0.3, 0.4) is 0 Å². The van der Waals surface area contributed by atoms with Gasteiger partial charge in [-0.3, -0.25) is 4.57 Å². The summed E-state index contributed by atoms with van der Waals surface area (Å²) >= 11 is 0. The molecule has 9 rings (SSSR count). The first kappa shape index (κ1) is 29.1. The summed E-state index contributed by atoms with van der Waals surface area (Å²) in [6.45, 7) is 6.43. The van der Waals surface area contributed by atoms with Gasteiger partial charge in [0.15, 0.2) is 5.65 Å². The van der Waals surface area contributed by atoms with Gasteiger partial charge < -0.3 is 4.52 Å². The summed E-state index contributed by atoms with van der Waals surface area (Å²) in [4.78, 5) is 17.9. The minimum atomic E-state index is -4.64. The van der Waals surface area contributed by atoms with Crippen molar-refractivity contribution in [1.29, 1.82) is 0 Å². The molecule has 0 N–H and O–H groups in total. The molecule has 0 aliphatic carbocycles. The Morgan fingerprint density at radius 1 is 0.653 bits per heavy atom. The second-order valence-corrected chi connectivity index (χ2v) is 13.2. The van der Waals surface area contributed by atoms with Crippen molar-refractivity contribution in [1.82, 2.24) is 29.1 Å². The van der Waals surface area contributed by atoms with Gasteiger partial charge in [-0.05, 0) is 69.3 Å². The molecule has 240 valence electrons. The first-order valence-corrected chi connectivity index (χ1v) is 15.8. The van der Waals surface area contributed by atoms with Gasteiger partial charge in [-0.25, -0.2) is 19.9 Å². The Labute approximate surface area is 277 Å². The molecule has 10 heteroatoms. The number of hydrogen-bond acceptors (Lipinski definition) is 5. The molecular formula is C39H27F3N6O.